The molecule has 3 N–H and O–H groups in total. The molecule has 2 rings (SSSR count). The van der Waals surface area contributed by atoms with Crippen molar-refractivity contribution in [2.24, 2.45) is 10.9 Å². The topological polar surface area (TPSA) is 84.9 Å². The van der Waals surface area contributed by atoms with Crippen molar-refractivity contribution >= 4 is 12.2 Å². The summed E-state index contributed by atoms with van der Waals surface area (Å²) < 4.78 is 5.23. The predicted octanol–water partition coefficient (Wildman–Crippen LogP) is 1.76. The fraction of sp³-hybridized carbons (Fsp3) is 0.500. The summed E-state index contributed by atoms with van der Waals surface area (Å²) in [5, 5.41) is 13.0. The first-order valence-electron chi connectivity index (χ1n) is 7.37. The van der Waals surface area contributed by atoms with Gasteiger partial charge in [0.15, 0.2) is 0 Å². The third kappa shape index (κ3) is 5.19. The third-order valence-corrected chi connectivity index (χ3v) is 3.68. The number of unbranched alkanes of at least 4 members (excludes halogenated alkanes) is 1. The number of aliphatic hydroxyl groups is 1. The van der Waals surface area contributed by atoms with Crippen LogP contribution in [0.5, 0.6) is 0 Å². The van der Waals surface area contributed by atoms with Gasteiger partial charge in [-0.3, -0.25) is 4.79 Å². The highest BCUT2D eigenvalue weighted by Crippen LogP contribution is 2.20. The van der Waals surface area contributed by atoms with E-state index in [-0.39, 0.29) is 18.5 Å². The van der Waals surface area contributed by atoms with Gasteiger partial charge in [0, 0.05) is 6.42 Å². The molecule has 5 nitrogen and oxygen atoms in total. The SMILES string of the molecule is NN=Cc1ccc(CCCCC2CC(O)CC(=O)O2)cc1. The van der Waals surface area contributed by atoms with Crippen LogP contribution in [-0.2, 0) is 16.0 Å². The summed E-state index contributed by atoms with van der Waals surface area (Å²) in [6.07, 6.45) is 5.49. The van der Waals surface area contributed by atoms with E-state index in [1.165, 1.54) is 5.56 Å². The minimum absolute atomic E-state index is 0.121. The number of carbonyl (C=O) groups excluding carboxylic acids is 1. The van der Waals surface area contributed by atoms with Crippen LogP contribution in [0.4, 0.5) is 0 Å². The Morgan fingerprint density at radius 1 is 1.33 bits per heavy atom. The number of hydrazone groups is 1. The number of aryl methyl sites for hydroxylation is 1. The Hall–Kier alpha value is -1.88. The average Bonchev–Trinajstić information content (AvgIpc) is 2.45. The van der Waals surface area contributed by atoms with Gasteiger partial charge in [0.2, 0.25) is 0 Å². The number of rotatable bonds is 6. The quantitative estimate of drug-likeness (QED) is 0.275. The lowest BCUT2D eigenvalue weighted by Gasteiger charge is -2.25. The van der Waals surface area contributed by atoms with Crippen LogP contribution in [0.15, 0.2) is 29.4 Å². The molecular weight excluding hydrogens is 268 g/mol. The number of ether oxygens (including phenoxy) is 1. The summed E-state index contributed by atoms with van der Waals surface area (Å²) in [6.45, 7) is 0. The molecule has 1 heterocycles. The van der Waals surface area contributed by atoms with E-state index in [4.69, 9.17) is 10.6 Å². The number of carbonyl (C=O) groups is 1. The molecule has 1 fully saturated rings. The van der Waals surface area contributed by atoms with Crippen LogP contribution in [0.1, 0.15) is 43.2 Å². The fourth-order valence-electron chi connectivity index (χ4n) is 2.60. The zero-order valence-electron chi connectivity index (χ0n) is 12.1. The minimum atomic E-state index is -0.534. The van der Waals surface area contributed by atoms with E-state index in [1.54, 1.807) is 6.21 Å². The van der Waals surface area contributed by atoms with Gasteiger partial charge in [0.05, 0.1) is 18.7 Å². The Kier molecular flexibility index (Phi) is 5.75. The van der Waals surface area contributed by atoms with Gasteiger partial charge in [-0.05, 0) is 36.8 Å². The standard InChI is InChI=1S/C16H22N2O3/c17-18-11-13-7-5-12(6-8-13)3-1-2-4-15-9-14(19)10-16(20)21-15/h5-8,11,14-15,19H,1-4,9-10,17H2. The maximum atomic E-state index is 11.2. The van der Waals surface area contributed by atoms with E-state index >= 15 is 0 Å². The maximum absolute atomic E-state index is 11.2. The number of nitrogens with zero attached hydrogens (tertiary/aromatic N) is 1. The molecule has 0 aromatic heterocycles. The van der Waals surface area contributed by atoms with Crippen LogP contribution < -0.4 is 5.84 Å². The molecule has 21 heavy (non-hydrogen) atoms. The number of nitrogens with two attached hydrogens (primary N) is 1. The molecule has 0 aliphatic carbocycles. The zero-order valence-corrected chi connectivity index (χ0v) is 12.1. The number of hydrogen-bond donors (Lipinski definition) is 2. The summed E-state index contributed by atoms with van der Waals surface area (Å²) in [6, 6.07) is 8.12. The van der Waals surface area contributed by atoms with E-state index in [1.807, 2.05) is 12.1 Å². The Bertz CT molecular complexity index is 485. The predicted molar refractivity (Wildman–Crippen MR) is 80.9 cm³/mol. The first-order chi connectivity index (χ1) is 10.2. The molecule has 5 heteroatoms. The lowest BCUT2D eigenvalue weighted by Crippen LogP contribution is -2.32. The molecule has 2 atom stereocenters. The van der Waals surface area contributed by atoms with Crippen molar-refractivity contribution < 1.29 is 14.6 Å². The molecule has 1 aliphatic heterocycles. The van der Waals surface area contributed by atoms with Gasteiger partial charge in [0.25, 0.3) is 0 Å². The molecule has 114 valence electrons. The van der Waals surface area contributed by atoms with Gasteiger partial charge in [-0.2, -0.15) is 5.10 Å². The first-order valence-corrected chi connectivity index (χ1v) is 7.37. The molecule has 1 saturated heterocycles. The van der Waals surface area contributed by atoms with Gasteiger partial charge in [-0.1, -0.05) is 24.3 Å². The minimum Gasteiger partial charge on any atom is -0.462 e. The number of esters is 1. The number of cyclic esters (lactones) is 1. The molecule has 0 saturated carbocycles. The van der Waals surface area contributed by atoms with Crippen LogP contribution in [0.3, 0.4) is 0 Å². The van der Waals surface area contributed by atoms with Gasteiger partial charge in [-0.15, -0.1) is 0 Å². The van der Waals surface area contributed by atoms with Crippen molar-refractivity contribution in [2.45, 2.75) is 50.7 Å². The molecule has 0 spiro atoms. The Morgan fingerprint density at radius 3 is 2.76 bits per heavy atom. The van der Waals surface area contributed by atoms with Crippen molar-refractivity contribution in [2.75, 3.05) is 0 Å². The molecular formula is C16H22N2O3. The van der Waals surface area contributed by atoms with Gasteiger partial charge in [0.1, 0.15) is 6.10 Å². The summed E-state index contributed by atoms with van der Waals surface area (Å²) >= 11 is 0. The number of aliphatic hydroxyl groups excluding tert-OH is 1. The Morgan fingerprint density at radius 2 is 2.10 bits per heavy atom. The second-order valence-electron chi connectivity index (χ2n) is 5.47. The molecule has 1 aromatic carbocycles. The normalized spacial score (nSPS) is 22.4. The molecule has 0 radical (unpaired) electrons. The van der Waals surface area contributed by atoms with Crippen LogP contribution in [0.2, 0.25) is 0 Å². The van der Waals surface area contributed by atoms with Crippen molar-refractivity contribution in [1.82, 2.24) is 0 Å². The highest BCUT2D eigenvalue weighted by Gasteiger charge is 2.26. The van der Waals surface area contributed by atoms with Gasteiger partial charge >= 0.3 is 5.97 Å². The summed E-state index contributed by atoms with van der Waals surface area (Å²) in [7, 11) is 0. The van der Waals surface area contributed by atoms with Crippen LogP contribution >= 0.6 is 0 Å². The average molecular weight is 290 g/mol. The second kappa shape index (κ2) is 7.78. The number of hydrogen-bond acceptors (Lipinski definition) is 5. The smallest absolute Gasteiger partial charge is 0.308 e. The van der Waals surface area contributed by atoms with Crippen molar-refractivity contribution in [3.8, 4) is 0 Å². The lowest BCUT2D eigenvalue weighted by atomic mass is 9.99. The largest absolute Gasteiger partial charge is 0.462 e. The van der Waals surface area contributed by atoms with Crippen molar-refractivity contribution in [1.29, 1.82) is 0 Å². The van der Waals surface area contributed by atoms with Crippen molar-refractivity contribution in [3.05, 3.63) is 35.4 Å². The van der Waals surface area contributed by atoms with Gasteiger partial charge < -0.3 is 15.7 Å². The highest BCUT2D eigenvalue weighted by molar-refractivity contribution is 5.79. The molecule has 0 amide bonds. The van der Waals surface area contributed by atoms with Crippen LogP contribution in [0.25, 0.3) is 0 Å². The Balaban J connectivity index is 1.68. The number of benzene rings is 1. The molecule has 1 aromatic rings. The summed E-state index contributed by atoms with van der Waals surface area (Å²) in [4.78, 5) is 11.2. The summed E-state index contributed by atoms with van der Waals surface area (Å²) in [5.74, 6) is 4.82. The fourth-order valence-corrected chi connectivity index (χ4v) is 2.60. The van der Waals surface area contributed by atoms with E-state index in [2.05, 4.69) is 17.2 Å². The third-order valence-electron chi connectivity index (χ3n) is 3.68. The first kappa shape index (κ1) is 15.5. The zero-order chi connectivity index (χ0) is 15.1. The monoisotopic (exact) mass is 290 g/mol. The molecule has 0 bridgehead atoms. The lowest BCUT2D eigenvalue weighted by molar-refractivity contribution is -0.160. The van der Waals surface area contributed by atoms with E-state index in [9.17, 15) is 9.90 Å². The van der Waals surface area contributed by atoms with Crippen molar-refractivity contribution in [3.63, 3.8) is 0 Å². The summed E-state index contributed by atoms with van der Waals surface area (Å²) in [5.41, 5.74) is 2.26. The van der Waals surface area contributed by atoms with E-state index in [0.29, 0.717) is 6.42 Å². The van der Waals surface area contributed by atoms with E-state index in [0.717, 1.165) is 31.2 Å². The van der Waals surface area contributed by atoms with Crippen LogP contribution in [-0.4, -0.2) is 29.5 Å². The molecule has 2 unspecified atom stereocenters. The molecule has 1 aliphatic rings. The Labute approximate surface area is 124 Å². The second-order valence-corrected chi connectivity index (χ2v) is 5.47. The highest BCUT2D eigenvalue weighted by atomic mass is 16.5. The van der Waals surface area contributed by atoms with Gasteiger partial charge in [-0.25, -0.2) is 0 Å². The van der Waals surface area contributed by atoms with Crippen LogP contribution in [0, 0.1) is 0 Å². The van der Waals surface area contributed by atoms with E-state index < -0.39 is 6.10 Å². The maximum Gasteiger partial charge on any atom is 0.308 e.